The Balaban J connectivity index is 1.95. The molecule has 0 unspecified atom stereocenters. The van der Waals surface area contributed by atoms with Gasteiger partial charge in [0.2, 0.25) is 5.88 Å². The third-order valence-corrected chi connectivity index (χ3v) is 4.79. The molecular formula is C17H19BrN2O. The summed E-state index contributed by atoms with van der Waals surface area (Å²) in [6.45, 7) is 2.49. The number of halogens is 1. The zero-order valence-corrected chi connectivity index (χ0v) is 13.7. The lowest BCUT2D eigenvalue weighted by molar-refractivity contribution is 0.450. The van der Waals surface area contributed by atoms with Crippen molar-refractivity contribution in [3.8, 4) is 11.6 Å². The zero-order chi connectivity index (χ0) is 14.8. The van der Waals surface area contributed by atoms with Gasteiger partial charge in [-0.05, 0) is 68.0 Å². The highest BCUT2D eigenvalue weighted by Crippen LogP contribution is 2.30. The Bertz CT molecular complexity index is 670. The maximum absolute atomic E-state index is 5.99. The van der Waals surface area contributed by atoms with Gasteiger partial charge in [0.1, 0.15) is 5.75 Å². The summed E-state index contributed by atoms with van der Waals surface area (Å²) in [6, 6.07) is 8.11. The van der Waals surface area contributed by atoms with Crippen LogP contribution in [0.1, 0.15) is 35.2 Å². The molecule has 0 aliphatic heterocycles. The van der Waals surface area contributed by atoms with Crippen molar-refractivity contribution in [1.82, 2.24) is 4.98 Å². The Morgan fingerprint density at radius 2 is 2.05 bits per heavy atom. The van der Waals surface area contributed by atoms with Crippen LogP contribution in [0.15, 0.2) is 28.7 Å². The van der Waals surface area contributed by atoms with E-state index in [4.69, 9.17) is 15.5 Å². The van der Waals surface area contributed by atoms with Crippen LogP contribution in [0.3, 0.4) is 0 Å². The number of benzene rings is 1. The van der Waals surface area contributed by atoms with Crippen LogP contribution >= 0.6 is 15.9 Å². The molecule has 0 saturated carbocycles. The number of fused-ring (bicyclic) bond motifs is 1. The number of pyridine rings is 1. The van der Waals surface area contributed by atoms with Crippen LogP contribution in [-0.4, -0.2) is 4.98 Å². The van der Waals surface area contributed by atoms with Gasteiger partial charge in [-0.1, -0.05) is 15.9 Å². The van der Waals surface area contributed by atoms with E-state index in [1.54, 1.807) is 0 Å². The number of hydrogen-bond acceptors (Lipinski definition) is 3. The Morgan fingerprint density at radius 1 is 1.24 bits per heavy atom. The van der Waals surface area contributed by atoms with Crippen LogP contribution in [0.25, 0.3) is 0 Å². The van der Waals surface area contributed by atoms with E-state index in [2.05, 4.69) is 22.0 Å². The predicted octanol–water partition coefficient (Wildman–Crippen LogP) is 4.28. The first-order valence-electron chi connectivity index (χ1n) is 7.33. The number of aromatic nitrogens is 1. The van der Waals surface area contributed by atoms with E-state index in [1.807, 2.05) is 25.1 Å². The molecule has 3 nitrogen and oxygen atoms in total. The minimum atomic E-state index is 0.450. The molecule has 0 saturated heterocycles. The predicted molar refractivity (Wildman–Crippen MR) is 87.7 cm³/mol. The average Bonchev–Trinajstić information content (AvgIpc) is 2.50. The minimum absolute atomic E-state index is 0.450. The molecule has 2 aromatic rings. The summed E-state index contributed by atoms with van der Waals surface area (Å²) in [5.74, 6) is 1.45. The van der Waals surface area contributed by atoms with Gasteiger partial charge in [0.05, 0.1) is 0 Å². The number of nitrogens with two attached hydrogens (primary N) is 1. The minimum Gasteiger partial charge on any atom is -0.439 e. The Hall–Kier alpha value is -1.39. The smallest absolute Gasteiger partial charge is 0.223 e. The molecule has 1 aromatic heterocycles. The molecule has 110 valence electrons. The lowest BCUT2D eigenvalue weighted by Gasteiger charge is -2.18. The molecule has 1 heterocycles. The SMILES string of the molecule is Cc1cc(Oc2nc3c(cc2CN)CCCC3)ccc1Br. The molecule has 0 radical (unpaired) electrons. The molecule has 1 aromatic carbocycles. The Kier molecular flexibility index (Phi) is 4.27. The van der Waals surface area contributed by atoms with Crippen molar-refractivity contribution < 1.29 is 4.74 Å². The number of ether oxygens (including phenoxy) is 1. The zero-order valence-electron chi connectivity index (χ0n) is 12.2. The van der Waals surface area contributed by atoms with Crippen molar-refractivity contribution >= 4 is 15.9 Å². The van der Waals surface area contributed by atoms with Crippen molar-refractivity contribution in [2.75, 3.05) is 0 Å². The summed E-state index contributed by atoms with van der Waals surface area (Å²) in [7, 11) is 0. The van der Waals surface area contributed by atoms with E-state index in [1.165, 1.54) is 24.1 Å². The van der Waals surface area contributed by atoms with E-state index < -0.39 is 0 Å². The largest absolute Gasteiger partial charge is 0.439 e. The van der Waals surface area contributed by atoms with Crippen molar-refractivity contribution in [1.29, 1.82) is 0 Å². The Morgan fingerprint density at radius 3 is 2.81 bits per heavy atom. The maximum atomic E-state index is 5.99. The fourth-order valence-corrected chi connectivity index (χ4v) is 2.94. The Labute approximate surface area is 133 Å². The van der Waals surface area contributed by atoms with Crippen LogP contribution in [0.5, 0.6) is 11.6 Å². The van der Waals surface area contributed by atoms with Gasteiger partial charge >= 0.3 is 0 Å². The van der Waals surface area contributed by atoms with E-state index in [9.17, 15) is 0 Å². The van der Waals surface area contributed by atoms with E-state index in [0.29, 0.717) is 12.4 Å². The van der Waals surface area contributed by atoms with Gasteiger partial charge in [0.25, 0.3) is 0 Å². The summed E-state index contributed by atoms with van der Waals surface area (Å²) >= 11 is 3.50. The number of aryl methyl sites for hydroxylation is 3. The second-order valence-electron chi connectivity index (χ2n) is 5.48. The molecule has 0 amide bonds. The van der Waals surface area contributed by atoms with Crippen molar-refractivity contribution in [2.45, 2.75) is 39.2 Å². The lowest BCUT2D eigenvalue weighted by atomic mass is 9.95. The highest BCUT2D eigenvalue weighted by molar-refractivity contribution is 9.10. The van der Waals surface area contributed by atoms with Crippen LogP contribution < -0.4 is 10.5 Å². The normalized spacial score (nSPS) is 13.9. The molecule has 21 heavy (non-hydrogen) atoms. The maximum Gasteiger partial charge on any atom is 0.223 e. The number of hydrogen-bond donors (Lipinski definition) is 1. The number of nitrogens with zero attached hydrogens (tertiary/aromatic N) is 1. The van der Waals surface area contributed by atoms with Crippen LogP contribution in [0.2, 0.25) is 0 Å². The van der Waals surface area contributed by atoms with E-state index >= 15 is 0 Å². The summed E-state index contributed by atoms with van der Waals surface area (Å²) in [5.41, 5.74) is 10.5. The standard InChI is InChI=1S/C17H19BrN2O/c1-11-8-14(6-7-15(11)18)21-17-13(10-19)9-12-4-2-3-5-16(12)20-17/h6-9H,2-5,10,19H2,1H3. The van der Waals surface area contributed by atoms with E-state index in [0.717, 1.165) is 34.2 Å². The molecule has 0 fully saturated rings. The van der Waals surface area contributed by atoms with Gasteiger partial charge < -0.3 is 10.5 Å². The van der Waals surface area contributed by atoms with Gasteiger partial charge in [-0.15, -0.1) is 0 Å². The summed E-state index contributed by atoms with van der Waals surface area (Å²) in [6.07, 6.45) is 4.59. The third-order valence-electron chi connectivity index (χ3n) is 3.90. The fourth-order valence-electron chi connectivity index (χ4n) is 2.69. The second-order valence-corrected chi connectivity index (χ2v) is 6.34. The monoisotopic (exact) mass is 346 g/mol. The topological polar surface area (TPSA) is 48.1 Å². The summed E-state index contributed by atoms with van der Waals surface area (Å²) < 4.78 is 7.07. The summed E-state index contributed by atoms with van der Waals surface area (Å²) in [5, 5.41) is 0. The fraction of sp³-hybridized carbons (Fsp3) is 0.353. The van der Waals surface area contributed by atoms with E-state index in [-0.39, 0.29) is 0 Å². The average molecular weight is 347 g/mol. The number of rotatable bonds is 3. The molecule has 0 spiro atoms. The first kappa shape index (κ1) is 14.5. The van der Waals surface area contributed by atoms with Gasteiger partial charge in [-0.2, -0.15) is 0 Å². The molecule has 0 bridgehead atoms. The molecule has 1 aliphatic rings. The molecule has 3 rings (SSSR count). The van der Waals surface area contributed by atoms with Crippen molar-refractivity contribution in [3.63, 3.8) is 0 Å². The van der Waals surface area contributed by atoms with Gasteiger partial charge in [0.15, 0.2) is 0 Å². The van der Waals surface area contributed by atoms with Crippen molar-refractivity contribution in [2.24, 2.45) is 5.73 Å². The van der Waals surface area contributed by atoms with Crippen molar-refractivity contribution in [3.05, 3.63) is 51.1 Å². The van der Waals surface area contributed by atoms with Crippen LogP contribution in [-0.2, 0) is 19.4 Å². The molecular weight excluding hydrogens is 328 g/mol. The lowest BCUT2D eigenvalue weighted by Crippen LogP contribution is -2.10. The first-order valence-corrected chi connectivity index (χ1v) is 8.12. The summed E-state index contributed by atoms with van der Waals surface area (Å²) in [4.78, 5) is 4.72. The first-order chi connectivity index (χ1) is 10.2. The van der Waals surface area contributed by atoms with Crippen LogP contribution in [0, 0.1) is 6.92 Å². The third kappa shape index (κ3) is 3.11. The highest BCUT2D eigenvalue weighted by Gasteiger charge is 2.16. The van der Waals surface area contributed by atoms with Gasteiger partial charge in [-0.3, -0.25) is 0 Å². The molecule has 1 aliphatic carbocycles. The highest BCUT2D eigenvalue weighted by atomic mass is 79.9. The quantitative estimate of drug-likeness (QED) is 0.901. The second kappa shape index (κ2) is 6.16. The molecule has 2 N–H and O–H groups in total. The van der Waals surface area contributed by atoms with Gasteiger partial charge in [0, 0.05) is 22.3 Å². The molecule has 4 heteroatoms. The van der Waals surface area contributed by atoms with Gasteiger partial charge in [-0.25, -0.2) is 4.98 Å². The molecule has 0 atom stereocenters. The van der Waals surface area contributed by atoms with Crippen LogP contribution in [0.4, 0.5) is 0 Å².